The number of thioether (sulfide) groups is 1. The van der Waals surface area contributed by atoms with E-state index in [0.29, 0.717) is 29.7 Å². The number of amides is 1. The van der Waals surface area contributed by atoms with Crippen molar-refractivity contribution in [2.24, 2.45) is 10.1 Å². The van der Waals surface area contributed by atoms with Crippen LogP contribution in [-0.2, 0) is 4.79 Å². The maximum Gasteiger partial charge on any atom is 0.283 e. The zero-order chi connectivity index (χ0) is 20.2. The molecule has 1 amide bonds. The lowest BCUT2D eigenvalue weighted by Crippen LogP contribution is -2.35. The first-order valence-corrected chi connectivity index (χ1v) is 9.80. The molecule has 146 valence electrons. The third-order valence-corrected chi connectivity index (χ3v) is 4.95. The van der Waals surface area contributed by atoms with Gasteiger partial charge in [-0.05, 0) is 43.0 Å². The van der Waals surface area contributed by atoms with E-state index in [4.69, 9.17) is 14.9 Å². The number of ether oxygens (including phenoxy) is 2. The van der Waals surface area contributed by atoms with Gasteiger partial charge in [0.15, 0.2) is 5.84 Å². The number of nitrogens with zero attached hydrogens (tertiary/aromatic N) is 3. The van der Waals surface area contributed by atoms with Crippen LogP contribution in [0.1, 0.15) is 12.5 Å². The lowest BCUT2D eigenvalue weighted by Gasteiger charge is -2.20. The number of fused-ring (bicyclic) bond motifs is 1. The Hall–Kier alpha value is -3.39. The van der Waals surface area contributed by atoms with Crippen LogP contribution >= 0.6 is 11.8 Å². The second-order valence-electron chi connectivity index (χ2n) is 6.19. The molecule has 0 spiro atoms. The quantitative estimate of drug-likeness (QED) is 0.583. The molecular formula is C21H18N4O3S. The van der Waals surface area contributed by atoms with Crippen molar-refractivity contribution in [2.45, 2.75) is 6.92 Å². The maximum atomic E-state index is 12.4. The van der Waals surface area contributed by atoms with Gasteiger partial charge < -0.3 is 9.47 Å². The first-order chi connectivity index (χ1) is 14.1. The van der Waals surface area contributed by atoms with Gasteiger partial charge in [-0.1, -0.05) is 36.4 Å². The van der Waals surface area contributed by atoms with Gasteiger partial charge in [-0.2, -0.15) is 15.1 Å². The molecule has 7 nitrogen and oxygen atoms in total. The van der Waals surface area contributed by atoms with E-state index >= 15 is 0 Å². The molecule has 2 aliphatic heterocycles. The second-order valence-corrected chi connectivity index (χ2v) is 7.35. The van der Waals surface area contributed by atoms with E-state index in [1.54, 1.807) is 6.08 Å². The number of amidine groups is 2. The fourth-order valence-electron chi connectivity index (χ4n) is 2.80. The van der Waals surface area contributed by atoms with E-state index in [-0.39, 0.29) is 11.4 Å². The molecule has 0 aliphatic carbocycles. The van der Waals surface area contributed by atoms with Gasteiger partial charge in [0, 0.05) is 5.56 Å². The first-order valence-electron chi connectivity index (χ1n) is 8.98. The van der Waals surface area contributed by atoms with Gasteiger partial charge in [-0.25, -0.2) is 0 Å². The van der Waals surface area contributed by atoms with Crippen LogP contribution in [0.4, 0.5) is 0 Å². The molecule has 8 heteroatoms. The van der Waals surface area contributed by atoms with E-state index in [1.165, 1.54) is 16.8 Å². The van der Waals surface area contributed by atoms with Crippen molar-refractivity contribution in [1.29, 1.82) is 5.41 Å². The zero-order valence-corrected chi connectivity index (χ0v) is 16.5. The van der Waals surface area contributed by atoms with E-state index in [2.05, 4.69) is 10.1 Å². The summed E-state index contributed by atoms with van der Waals surface area (Å²) >= 11 is 1.28. The molecule has 2 aliphatic rings. The number of hydrogen-bond donors (Lipinski definition) is 1. The van der Waals surface area contributed by atoms with E-state index in [0.717, 1.165) is 10.8 Å². The minimum atomic E-state index is -0.458. The highest BCUT2D eigenvalue weighted by Crippen LogP contribution is 2.29. The Morgan fingerprint density at radius 3 is 2.62 bits per heavy atom. The van der Waals surface area contributed by atoms with Crippen LogP contribution in [0.2, 0.25) is 0 Å². The molecule has 2 heterocycles. The summed E-state index contributed by atoms with van der Waals surface area (Å²) in [5.41, 5.74) is 0.857. The van der Waals surface area contributed by atoms with E-state index < -0.39 is 5.91 Å². The molecule has 29 heavy (non-hydrogen) atoms. The highest BCUT2D eigenvalue weighted by Gasteiger charge is 2.34. The van der Waals surface area contributed by atoms with Crippen molar-refractivity contribution >= 4 is 39.8 Å². The van der Waals surface area contributed by atoms with Gasteiger partial charge in [0.1, 0.15) is 24.7 Å². The molecule has 2 aromatic carbocycles. The van der Waals surface area contributed by atoms with Crippen molar-refractivity contribution < 1.29 is 14.3 Å². The number of rotatable bonds is 6. The van der Waals surface area contributed by atoms with Crippen LogP contribution in [0.25, 0.3) is 6.08 Å². The van der Waals surface area contributed by atoms with Gasteiger partial charge in [-0.3, -0.25) is 10.2 Å². The van der Waals surface area contributed by atoms with Crippen LogP contribution in [0, 0.1) is 5.41 Å². The predicted molar refractivity (Wildman–Crippen MR) is 115 cm³/mol. The minimum Gasteiger partial charge on any atom is -0.490 e. The normalized spacial score (nSPS) is 17.1. The molecule has 2 aromatic rings. The third kappa shape index (κ3) is 4.22. The number of para-hydroxylation sites is 2. The van der Waals surface area contributed by atoms with Gasteiger partial charge >= 0.3 is 0 Å². The number of carbonyl (C=O) groups is 1. The third-order valence-electron chi connectivity index (χ3n) is 4.13. The summed E-state index contributed by atoms with van der Waals surface area (Å²) in [6.45, 7) is 2.54. The van der Waals surface area contributed by atoms with Gasteiger partial charge in [-0.15, -0.1) is 0 Å². The Morgan fingerprint density at radius 1 is 1.07 bits per heavy atom. The monoisotopic (exact) mass is 406 g/mol. The Labute approximate surface area is 172 Å². The van der Waals surface area contributed by atoms with Crippen LogP contribution < -0.4 is 9.47 Å². The molecule has 0 saturated heterocycles. The smallest absolute Gasteiger partial charge is 0.283 e. The molecular weight excluding hydrogens is 388 g/mol. The number of aliphatic imine (C=N–C) groups is 1. The molecule has 0 aromatic heterocycles. The van der Waals surface area contributed by atoms with Crippen LogP contribution in [0.5, 0.6) is 11.5 Å². The fourth-order valence-corrected chi connectivity index (χ4v) is 3.54. The lowest BCUT2D eigenvalue weighted by atomic mass is 10.1. The largest absolute Gasteiger partial charge is 0.490 e. The van der Waals surface area contributed by atoms with Crippen molar-refractivity contribution in [3.05, 3.63) is 65.7 Å². The number of hydrazone groups is 1. The Kier molecular flexibility index (Phi) is 5.44. The van der Waals surface area contributed by atoms with Gasteiger partial charge in [0.05, 0.1) is 10.6 Å². The molecule has 0 radical (unpaired) electrons. The van der Waals surface area contributed by atoms with Crippen LogP contribution in [0.15, 0.2) is 70.3 Å². The standard InChI is InChI=1S/C21H18N4O3S/c1-14-24-25-19(22)17(20(26)23-21(25)29-14)13-15-7-5-6-10-18(15)28-12-11-27-16-8-3-2-4-9-16/h2-10,13,22H,11-12H2,1H3. The van der Waals surface area contributed by atoms with Crippen molar-refractivity contribution in [3.8, 4) is 11.5 Å². The summed E-state index contributed by atoms with van der Waals surface area (Å²) in [6.07, 6.45) is 1.62. The molecule has 1 N–H and O–H groups in total. The summed E-state index contributed by atoms with van der Waals surface area (Å²) in [7, 11) is 0. The summed E-state index contributed by atoms with van der Waals surface area (Å²) in [4.78, 5) is 16.5. The SMILES string of the molecule is CC1=NN2C(=N)C(=Cc3ccccc3OCCOc3ccccc3)C(=O)N=C2S1. The Bertz CT molecular complexity index is 1050. The van der Waals surface area contributed by atoms with Crippen LogP contribution in [0.3, 0.4) is 0 Å². The fraction of sp³-hybridized carbons (Fsp3) is 0.143. The number of hydrogen-bond acceptors (Lipinski definition) is 6. The molecule has 0 unspecified atom stereocenters. The van der Waals surface area contributed by atoms with Gasteiger partial charge in [0.25, 0.3) is 5.91 Å². The predicted octanol–water partition coefficient (Wildman–Crippen LogP) is 3.78. The summed E-state index contributed by atoms with van der Waals surface area (Å²) in [6, 6.07) is 16.9. The zero-order valence-electron chi connectivity index (χ0n) is 15.7. The maximum absolute atomic E-state index is 12.4. The highest BCUT2D eigenvalue weighted by molar-refractivity contribution is 8.26. The Balaban J connectivity index is 1.48. The average molecular weight is 406 g/mol. The molecule has 0 fully saturated rings. The summed E-state index contributed by atoms with van der Waals surface area (Å²) in [5.74, 6) is 0.927. The topological polar surface area (TPSA) is 87.3 Å². The summed E-state index contributed by atoms with van der Waals surface area (Å²) < 4.78 is 11.5. The molecule has 0 bridgehead atoms. The molecule has 0 saturated carbocycles. The Morgan fingerprint density at radius 2 is 1.79 bits per heavy atom. The van der Waals surface area contributed by atoms with Crippen molar-refractivity contribution in [2.75, 3.05) is 13.2 Å². The molecule has 4 rings (SSSR count). The van der Waals surface area contributed by atoms with Gasteiger partial charge in [0.2, 0.25) is 5.17 Å². The molecule has 0 atom stereocenters. The van der Waals surface area contributed by atoms with Crippen molar-refractivity contribution in [3.63, 3.8) is 0 Å². The highest BCUT2D eigenvalue weighted by atomic mass is 32.2. The average Bonchev–Trinajstić information content (AvgIpc) is 3.10. The number of carbonyl (C=O) groups excluding carboxylic acids is 1. The van der Waals surface area contributed by atoms with Crippen molar-refractivity contribution in [1.82, 2.24) is 5.01 Å². The van der Waals surface area contributed by atoms with E-state index in [9.17, 15) is 4.79 Å². The number of nitrogens with one attached hydrogen (secondary N) is 1. The number of benzene rings is 2. The lowest BCUT2D eigenvalue weighted by molar-refractivity contribution is -0.114. The minimum absolute atomic E-state index is 0.00608. The van der Waals surface area contributed by atoms with Crippen LogP contribution in [-0.4, -0.2) is 40.2 Å². The van der Waals surface area contributed by atoms with E-state index in [1.807, 2.05) is 61.5 Å². The summed E-state index contributed by atoms with van der Waals surface area (Å²) in [5, 5.41) is 15.1. The first kappa shape index (κ1) is 18.9. The second kappa shape index (κ2) is 8.32.